The van der Waals surface area contributed by atoms with E-state index in [1.165, 1.54) is 12.1 Å². The minimum Gasteiger partial charge on any atom is -0.308 e. The van der Waals surface area contributed by atoms with E-state index < -0.39 is 34.6 Å². The lowest BCUT2D eigenvalue weighted by molar-refractivity contribution is -0.142. The molecule has 0 amide bonds. The third kappa shape index (κ3) is 8.18. The molecule has 0 saturated heterocycles. The van der Waals surface area contributed by atoms with Crippen molar-refractivity contribution >= 4 is 43.6 Å². The summed E-state index contributed by atoms with van der Waals surface area (Å²) in [4.78, 5) is 0. The third-order valence-electron chi connectivity index (χ3n) is 14.8. The summed E-state index contributed by atoms with van der Waals surface area (Å²) < 4.78 is 97.3. The molecule has 9 heteroatoms. The summed E-state index contributed by atoms with van der Waals surface area (Å²) in [6.07, 6.45) is -10.5. The van der Waals surface area contributed by atoms with Crippen LogP contribution in [0.4, 0.5) is 26.3 Å². The molecule has 0 fully saturated rings. The first-order valence-corrected chi connectivity index (χ1v) is 24.8. The largest absolute Gasteiger partial charge is 0.417 e. The maximum absolute atomic E-state index is 15.6. The van der Waals surface area contributed by atoms with Gasteiger partial charge in [0.25, 0.3) is 0 Å². The first-order valence-electron chi connectivity index (χ1n) is 24.8. The van der Waals surface area contributed by atoms with Crippen LogP contribution < -0.4 is 0 Å². The molecule has 10 aromatic carbocycles. The van der Waals surface area contributed by atoms with Crippen molar-refractivity contribution in [2.24, 2.45) is 0 Å². The highest BCUT2D eigenvalue weighted by atomic mass is 19.4. The summed E-state index contributed by atoms with van der Waals surface area (Å²) in [6, 6.07) is 63.2. The molecule has 3 nitrogen and oxygen atoms in total. The Bertz CT molecular complexity index is 4080. The van der Waals surface area contributed by atoms with Crippen LogP contribution in [0, 0.1) is 39.0 Å². The average molecular weight is 1010 g/mol. The molecule has 2 heterocycles. The van der Waals surface area contributed by atoms with Crippen molar-refractivity contribution in [3.8, 4) is 73.1 Å². The van der Waals surface area contributed by atoms with E-state index in [4.69, 9.17) is 0 Å². The van der Waals surface area contributed by atoms with Gasteiger partial charge in [-0.3, -0.25) is 0 Å². The van der Waals surface area contributed by atoms with Gasteiger partial charge in [0.05, 0.1) is 44.6 Å². The van der Waals surface area contributed by atoms with E-state index in [-0.39, 0.29) is 16.9 Å². The van der Waals surface area contributed by atoms with Gasteiger partial charge in [-0.2, -0.15) is 31.6 Å². The summed E-state index contributed by atoms with van der Waals surface area (Å²) in [5.74, 6) is 0. The van der Waals surface area contributed by atoms with E-state index in [2.05, 4.69) is 6.07 Å². The lowest BCUT2D eigenvalue weighted by Gasteiger charge is -2.24. The van der Waals surface area contributed by atoms with Gasteiger partial charge in [0.1, 0.15) is 11.6 Å². The maximum atomic E-state index is 15.6. The Kier molecular flexibility index (Phi) is 11.4. The topological polar surface area (TPSA) is 33.6 Å². The highest BCUT2D eigenvalue weighted by Crippen LogP contribution is 2.50. The minimum atomic E-state index is -5.23. The van der Waals surface area contributed by atoms with Crippen molar-refractivity contribution in [3.63, 3.8) is 0 Å². The fraction of sp³-hybridized carbons (Fsp3) is 0.0896. The van der Waals surface area contributed by atoms with Crippen LogP contribution in [0.5, 0.6) is 0 Å². The number of alkyl halides is 6. The highest BCUT2D eigenvalue weighted by Gasteiger charge is 2.42. The number of hydrogen-bond acceptors (Lipinski definition) is 1. The Morgan fingerprint density at radius 3 is 0.961 bits per heavy atom. The lowest BCUT2D eigenvalue weighted by atomic mass is 9.90. The second-order valence-electron chi connectivity index (χ2n) is 19.8. The van der Waals surface area contributed by atoms with Crippen LogP contribution >= 0.6 is 0 Å². The van der Waals surface area contributed by atoms with Crippen LogP contribution in [-0.4, -0.2) is 9.13 Å². The van der Waals surface area contributed by atoms with Gasteiger partial charge in [-0.05, 0) is 115 Å². The maximum Gasteiger partial charge on any atom is 0.417 e. The summed E-state index contributed by atoms with van der Waals surface area (Å²) in [7, 11) is 0. The SMILES string of the molecule is Cc1ccc(-c2ccc3c4ccc(-c5ccc(C)cc5)cc4n(-c4ccc(-c5c(C(F)(F)F)cccc5C(F)(F)F)c(-n5c6cc(-c7ccc(C)cc7)ccc6c6ccc(-c7ccc(C)cc7)cc65)c4C#N)c3c2)cc1. The fourth-order valence-electron chi connectivity index (χ4n) is 10.9. The van der Waals surface area contributed by atoms with Gasteiger partial charge in [-0.15, -0.1) is 0 Å². The van der Waals surface area contributed by atoms with Crippen LogP contribution in [0.15, 0.2) is 200 Å². The molecule has 12 rings (SSSR count). The van der Waals surface area contributed by atoms with Crippen molar-refractivity contribution < 1.29 is 26.3 Å². The Morgan fingerprint density at radius 1 is 0.355 bits per heavy atom. The standard InChI is InChI=1S/C67H45F6N3/c1-39-8-16-43(17-9-39)47-24-28-51-52-29-25-48(44-18-10-40(2)11-19-44)35-61(52)75(60(51)34-47)59-33-32-55(64-57(66(68,69)70)6-5-7-58(64)67(71,72)73)65(56(59)38-74)76-62-36-49(45-20-12-41(3)13-21-45)26-30-53(62)54-31-27-50(37-63(54)76)46-22-14-42(4)15-23-46/h5-37H,1-4H3. The van der Waals surface area contributed by atoms with E-state index in [1.807, 2.05) is 202 Å². The second kappa shape index (κ2) is 18.1. The van der Waals surface area contributed by atoms with Gasteiger partial charge in [0, 0.05) is 32.7 Å². The van der Waals surface area contributed by atoms with Gasteiger partial charge in [0.2, 0.25) is 0 Å². The van der Waals surface area contributed by atoms with Crippen molar-refractivity contribution in [3.05, 3.63) is 239 Å². The van der Waals surface area contributed by atoms with E-state index >= 15 is 26.3 Å². The molecular weight excluding hydrogens is 961 g/mol. The Hall–Kier alpha value is -9.13. The van der Waals surface area contributed by atoms with Crippen molar-refractivity contribution in [1.82, 2.24) is 9.13 Å². The first kappa shape index (κ1) is 47.8. The van der Waals surface area contributed by atoms with E-state index in [9.17, 15) is 5.26 Å². The number of aryl methyl sites for hydroxylation is 4. The average Bonchev–Trinajstić information content (AvgIpc) is 3.91. The molecule has 2 aromatic heterocycles. The zero-order valence-electron chi connectivity index (χ0n) is 41.7. The number of aromatic nitrogens is 2. The van der Waals surface area contributed by atoms with E-state index in [1.54, 1.807) is 4.57 Å². The van der Waals surface area contributed by atoms with Crippen LogP contribution in [-0.2, 0) is 12.4 Å². The van der Waals surface area contributed by atoms with E-state index in [0.717, 1.165) is 83.6 Å². The normalized spacial score (nSPS) is 12.1. The molecule has 0 radical (unpaired) electrons. The van der Waals surface area contributed by atoms with E-state index in [0.29, 0.717) is 45.0 Å². The smallest absolute Gasteiger partial charge is 0.308 e. The number of halogens is 6. The molecule has 0 atom stereocenters. The third-order valence-corrected chi connectivity index (χ3v) is 14.8. The zero-order chi connectivity index (χ0) is 52.8. The summed E-state index contributed by atoms with van der Waals surface area (Å²) >= 11 is 0. The summed E-state index contributed by atoms with van der Waals surface area (Å²) in [6.45, 7) is 7.98. The van der Waals surface area contributed by atoms with Gasteiger partial charge < -0.3 is 9.13 Å². The number of rotatable bonds is 7. The molecule has 0 N–H and O–H groups in total. The number of nitrogens with zero attached hydrogens (tertiary/aromatic N) is 3. The van der Waals surface area contributed by atoms with Crippen molar-refractivity contribution in [2.75, 3.05) is 0 Å². The minimum absolute atomic E-state index is 0.135. The van der Waals surface area contributed by atoms with Crippen LogP contribution in [0.3, 0.4) is 0 Å². The van der Waals surface area contributed by atoms with Crippen LogP contribution in [0.25, 0.3) is 111 Å². The lowest BCUT2D eigenvalue weighted by Crippen LogP contribution is -2.16. The summed E-state index contributed by atoms with van der Waals surface area (Å²) in [5, 5.41) is 15.1. The van der Waals surface area contributed by atoms with Gasteiger partial charge in [-0.25, -0.2) is 0 Å². The quantitative estimate of drug-likeness (QED) is 0.147. The van der Waals surface area contributed by atoms with Crippen LogP contribution in [0.2, 0.25) is 0 Å². The Balaban J connectivity index is 1.28. The molecule has 370 valence electrons. The summed E-state index contributed by atoms with van der Waals surface area (Å²) in [5.41, 5.74) is 8.91. The molecule has 0 bridgehead atoms. The highest BCUT2D eigenvalue weighted by molar-refractivity contribution is 6.14. The molecule has 0 aliphatic carbocycles. The first-order chi connectivity index (χ1) is 36.5. The molecule has 0 unspecified atom stereocenters. The molecule has 0 aliphatic heterocycles. The monoisotopic (exact) mass is 1010 g/mol. The van der Waals surface area contributed by atoms with Crippen molar-refractivity contribution in [1.29, 1.82) is 5.26 Å². The van der Waals surface area contributed by atoms with Gasteiger partial charge >= 0.3 is 12.4 Å². The second-order valence-corrected chi connectivity index (χ2v) is 19.8. The van der Waals surface area contributed by atoms with Gasteiger partial charge in [0.15, 0.2) is 0 Å². The Labute approximate surface area is 434 Å². The number of fused-ring (bicyclic) bond motifs is 6. The number of hydrogen-bond donors (Lipinski definition) is 0. The predicted octanol–water partition coefficient (Wildman–Crippen LogP) is 19.4. The van der Waals surface area contributed by atoms with Gasteiger partial charge in [-0.1, -0.05) is 180 Å². The molecular formula is C67H45F6N3. The Morgan fingerprint density at radius 2 is 0.658 bits per heavy atom. The zero-order valence-corrected chi connectivity index (χ0v) is 41.7. The van der Waals surface area contributed by atoms with Crippen LogP contribution in [0.1, 0.15) is 38.9 Å². The molecule has 0 aliphatic rings. The molecule has 0 saturated carbocycles. The molecule has 76 heavy (non-hydrogen) atoms. The predicted molar refractivity (Wildman–Crippen MR) is 296 cm³/mol. The molecule has 0 spiro atoms. The van der Waals surface area contributed by atoms with Crippen molar-refractivity contribution in [2.45, 2.75) is 40.0 Å². The number of benzene rings is 10. The number of nitriles is 1. The molecule has 12 aromatic rings. The fourth-order valence-corrected chi connectivity index (χ4v) is 10.9.